The van der Waals surface area contributed by atoms with Crippen LogP contribution < -0.4 is 15.4 Å². The molecular weight excluding hydrogens is 328 g/mol. The molecule has 0 atom stereocenters. The zero-order valence-corrected chi connectivity index (χ0v) is 15.7. The molecule has 0 spiro atoms. The molecule has 26 heavy (non-hydrogen) atoms. The van der Waals surface area contributed by atoms with Gasteiger partial charge in [0, 0.05) is 22.9 Å². The van der Waals surface area contributed by atoms with E-state index < -0.39 is 0 Å². The first-order valence-electron chi connectivity index (χ1n) is 8.80. The second kappa shape index (κ2) is 9.04. The molecule has 0 bridgehead atoms. The predicted molar refractivity (Wildman–Crippen MR) is 104 cm³/mol. The monoisotopic (exact) mass is 354 g/mol. The van der Waals surface area contributed by atoms with Gasteiger partial charge < -0.3 is 15.4 Å². The fraction of sp³-hybridized carbons (Fsp3) is 0.333. The number of carbonyl (C=O) groups is 2. The quantitative estimate of drug-likeness (QED) is 0.786. The molecule has 0 saturated carbocycles. The predicted octanol–water partition coefficient (Wildman–Crippen LogP) is 4.11. The van der Waals surface area contributed by atoms with Gasteiger partial charge in [0.1, 0.15) is 5.75 Å². The Morgan fingerprint density at radius 2 is 1.38 bits per heavy atom. The first-order chi connectivity index (χ1) is 12.3. The molecule has 0 aliphatic rings. The average molecular weight is 354 g/mol. The summed E-state index contributed by atoms with van der Waals surface area (Å²) in [4.78, 5) is 24.3. The number of hydrogen-bond donors (Lipinski definition) is 2. The van der Waals surface area contributed by atoms with Crippen LogP contribution in [-0.2, 0) is 0 Å². The van der Waals surface area contributed by atoms with Crippen molar-refractivity contribution in [2.75, 3.05) is 11.9 Å². The topological polar surface area (TPSA) is 67.4 Å². The molecule has 2 aromatic rings. The molecular formula is C21H26N2O3. The summed E-state index contributed by atoms with van der Waals surface area (Å²) >= 11 is 0. The van der Waals surface area contributed by atoms with Crippen LogP contribution in [-0.4, -0.2) is 24.5 Å². The van der Waals surface area contributed by atoms with Gasteiger partial charge in [-0.1, -0.05) is 13.8 Å². The molecule has 2 N–H and O–H groups in total. The van der Waals surface area contributed by atoms with Gasteiger partial charge in [0.2, 0.25) is 0 Å². The molecule has 0 heterocycles. The van der Waals surface area contributed by atoms with Crippen molar-refractivity contribution in [2.45, 2.75) is 33.7 Å². The Morgan fingerprint density at radius 3 is 1.92 bits per heavy atom. The molecule has 5 nitrogen and oxygen atoms in total. The summed E-state index contributed by atoms with van der Waals surface area (Å²) in [5.41, 5.74) is 1.74. The van der Waals surface area contributed by atoms with Crippen molar-refractivity contribution in [1.82, 2.24) is 5.32 Å². The van der Waals surface area contributed by atoms with Crippen LogP contribution in [0.2, 0.25) is 0 Å². The number of benzene rings is 2. The third-order valence-corrected chi connectivity index (χ3v) is 3.52. The summed E-state index contributed by atoms with van der Waals surface area (Å²) < 4.78 is 5.61. The van der Waals surface area contributed by atoms with Gasteiger partial charge in [0.25, 0.3) is 11.8 Å². The van der Waals surface area contributed by atoms with Gasteiger partial charge in [-0.25, -0.2) is 0 Å². The van der Waals surface area contributed by atoms with Crippen molar-refractivity contribution in [3.8, 4) is 5.75 Å². The molecule has 0 fully saturated rings. The highest BCUT2D eigenvalue weighted by Crippen LogP contribution is 2.16. The third kappa shape index (κ3) is 5.92. The number of nitrogens with one attached hydrogen (secondary N) is 2. The van der Waals surface area contributed by atoms with E-state index in [1.54, 1.807) is 48.5 Å². The zero-order chi connectivity index (χ0) is 19.1. The first-order valence-corrected chi connectivity index (χ1v) is 8.80. The van der Waals surface area contributed by atoms with Crippen LogP contribution in [0.4, 0.5) is 5.69 Å². The Balaban J connectivity index is 1.95. The molecule has 0 saturated heterocycles. The van der Waals surface area contributed by atoms with E-state index in [2.05, 4.69) is 24.5 Å². The maximum absolute atomic E-state index is 12.3. The van der Waals surface area contributed by atoms with Crippen molar-refractivity contribution in [3.05, 3.63) is 59.7 Å². The number of ether oxygens (including phenoxy) is 1. The summed E-state index contributed by atoms with van der Waals surface area (Å²) in [5.74, 6) is 0.856. The molecule has 5 heteroatoms. The standard InChI is InChI=1S/C21H26N2O3/c1-14(2)13-26-19-11-7-17(8-12-19)21(25)23-18-9-5-16(6-10-18)20(24)22-15(3)4/h5-12,14-15H,13H2,1-4H3,(H,22,24)(H,23,25). The minimum Gasteiger partial charge on any atom is -0.493 e. The van der Waals surface area contributed by atoms with E-state index in [0.29, 0.717) is 29.3 Å². The minimum atomic E-state index is -0.209. The van der Waals surface area contributed by atoms with Crippen LogP contribution in [0.3, 0.4) is 0 Å². The van der Waals surface area contributed by atoms with Gasteiger partial charge in [-0.05, 0) is 68.3 Å². The number of carbonyl (C=O) groups excluding carboxylic acids is 2. The Labute approximate surface area is 154 Å². The van der Waals surface area contributed by atoms with Gasteiger partial charge in [-0.15, -0.1) is 0 Å². The summed E-state index contributed by atoms with van der Waals surface area (Å²) in [7, 11) is 0. The smallest absolute Gasteiger partial charge is 0.255 e. The summed E-state index contributed by atoms with van der Waals surface area (Å²) in [6.07, 6.45) is 0. The fourth-order valence-corrected chi connectivity index (χ4v) is 2.22. The highest BCUT2D eigenvalue weighted by Gasteiger charge is 2.09. The molecule has 0 unspecified atom stereocenters. The second-order valence-electron chi connectivity index (χ2n) is 6.89. The van der Waals surface area contributed by atoms with Gasteiger partial charge in [0.15, 0.2) is 0 Å². The third-order valence-electron chi connectivity index (χ3n) is 3.52. The molecule has 0 aromatic heterocycles. The van der Waals surface area contributed by atoms with E-state index >= 15 is 0 Å². The van der Waals surface area contributed by atoms with Crippen molar-refractivity contribution >= 4 is 17.5 Å². The van der Waals surface area contributed by atoms with Gasteiger partial charge >= 0.3 is 0 Å². The lowest BCUT2D eigenvalue weighted by atomic mass is 10.1. The lowest BCUT2D eigenvalue weighted by molar-refractivity contribution is 0.0942. The highest BCUT2D eigenvalue weighted by molar-refractivity contribution is 6.04. The first kappa shape index (κ1) is 19.5. The number of rotatable bonds is 7. The van der Waals surface area contributed by atoms with Crippen molar-refractivity contribution < 1.29 is 14.3 Å². The molecule has 0 aliphatic heterocycles. The van der Waals surface area contributed by atoms with Crippen molar-refractivity contribution in [2.24, 2.45) is 5.92 Å². The Hall–Kier alpha value is -2.82. The van der Waals surface area contributed by atoms with E-state index in [4.69, 9.17) is 4.74 Å². The zero-order valence-electron chi connectivity index (χ0n) is 15.7. The average Bonchev–Trinajstić information content (AvgIpc) is 2.60. The molecule has 138 valence electrons. The van der Waals surface area contributed by atoms with E-state index in [1.807, 2.05) is 13.8 Å². The van der Waals surface area contributed by atoms with Crippen LogP contribution in [0.5, 0.6) is 5.75 Å². The van der Waals surface area contributed by atoms with Crippen molar-refractivity contribution in [1.29, 1.82) is 0 Å². The van der Waals surface area contributed by atoms with Crippen LogP contribution >= 0.6 is 0 Å². The van der Waals surface area contributed by atoms with Crippen LogP contribution in [0.25, 0.3) is 0 Å². The van der Waals surface area contributed by atoms with Crippen molar-refractivity contribution in [3.63, 3.8) is 0 Å². The number of amides is 2. The van der Waals surface area contributed by atoms with Gasteiger partial charge in [0.05, 0.1) is 6.61 Å². The maximum Gasteiger partial charge on any atom is 0.255 e. The Bertz CT molecular complexity index is 735. The summed E-state index contributed by atoms with van der Waals surface area (Å²) in [5, 5.41) is 5.65. The van der Waals surface area contributed by atoms with E-state index in [-0.39, 0.29) is 17.9 Å². The lowest BCUT2D eigenvalue weighted by Gasteiger charge is -2.10. The van der Waals surface area contributed by atoms with E-state index in [1.165, 1.54) is 0 Å². The second-order valence-corrected chi connectivity index (χ2v) is 6.89. The van der Waals surface area contributed by atoms with Gasteiger partial charge in [-0.3, -0.25) is 9.59 Å². The molecule has 0 aliphatic carbocycles. The normalized spacial score (nSPS) is 10.7. The highest BCUT2D eigenvalue weighted by atomic mass is 16.5. The Kier molecular flexibility index (Phi) is 6.78. The molecule has 0 radical (unpaired) electrons. The Morgan fingerprint density at radius 1 is 0.846 bits per heavy atom. The minimum absolute atomic E-state index is 0.0781. The van der Waals surface area contributed by atoms with Crippen LogP contribution in [0, 0.1) is 5.92 Å². The molecule has 2 rings (SSSR count). The SMILES string of the molecule is CC(C)COc1ccc(C(=O)Nc2ccc(C(=O)NC(C)C)cc2)cc1. The summed E-state index contributed by atoms with van der Waals surface area (Å²) in [6, 6.07) is 13.9. The van der Waals surface area contributed by atoms with E-state index in [0.717, 1.165) is 5.75 Å². The largest absolute Gasteiger partial charge is 0.493 e. The van der Waals surface area contributed by atoms with Crippen LogP contribution in [0.1, 0.15) is 48.4 Å². The molecule has 2 aromatic carbocycles. The number of anilines is 1. The summed E-state index contributed by atoms with van der Waals surface area (Å²) in [6.45, 7) is 8.62. The van der Waals surface area contributed by atoms with E-state index in [9.17, 15) is 9.59 Å². The van der Waals surface area contributed by atoms with Crippen LogP contribution in [0.15, 0.2) is 48.5 Å². The molecule has 2 amide bonds. The maximum atomic E-state index is 12.3. The van der Waals surface area contributed by atoms with Gasteiger partial charge in [-0.2, -0.15) is 0 Å². The fourth-order valence-electron chi connectivity index (χ4n) is 2.22. The lowest BCUT2D eigenvalue weighted by Crippen LogP contribution is -2.30. The number of hydrogen-bond acceptors (Lipinski definition) is 3.